The third-order valence-corrected chi connectivity index (χ3v) is 3.44. The average molecular weight is 290 g/mol. The summed E-state index contributed by atoms with van der Waals surface area (Å²) in [5, 5.41) is 17.2. The van der Waals surface area contributed by atoms with Gasteiger partial charge < -0.3 is 15.2 Å². The zero-order chi connectivity index (χ0) is 15.3. The summed E-state index contributed by atoms with van der Waals surface area (Å²) >= 11 is 0. The van der Waals surface area contributed by atoms with Crippen LogP contribution in [0.4, 0.5) is 19.0 Å². The van der Waals surface area contributed by atoms with Gasteiger partial charge in [0.25, 0.3) is 0 Å². The predicted octanol–water partition coefficient (Wildman–Crippen LogP) is 1.58. The van der Waals surface area contributed by atoms with Crippen LogP contribution in [0.2, 0.25) is 0 Å². The number of aromatic nitrogens is 2. The molecule has 0 aliphatic carbocycles. The Balaban J connectivity index is 2.47. The van der Waals surface area contributed by atoms with Crippen LogP contribution in [-0.4, -0.2) is 28.0 Å². The number of halogens is 3. The highest BCUT2D eigenvalue weighted by Gasteiger charge is 2.48. The standard InChI is InChI=1S/C12H16F3N3O2/c1-11(2,3)7-5-8(12(13,14)15)18-9(16-7)4-6(17-18)10(19)20/h4,7-8,16H,5H2,1-3H3,(H,19,20)/p-1/t7-,8+/m0/s1. The molecule has 1 aromatic heterocycles. The van der Waals surface area contributed by atoms with E-state index < -0.39 is 35.3 Å². The molecule has 20 heavy (non-hydrogen) atoms. The Hall–Kier alpha value is -1.73. The number of hydrogen-bond donors (Lipinski definition) is 1. The van der Waals surface area contributed by atoms with Gasteiger partial charge in [-0.2, -0.15) is 18.3 Å². The Labute approximate surface area is 113 Å². The van der Waals surface area contributed by atoms with E-state index in [1.54, 1.807) is 0 Å². The number of nitrogens with zero attached hydrogens (tertiary/aromatic N) is 2. The maximum atomic E-state index is 13.1. The number of carbonyl (C=O) groups is 1. The quantitative estimate of drug-likeness (QED) is 0.852. The van der Waals surface area contributed by atoms with Crippen LogP contribution in [0.1, 0.15) is 43.7 Å². The second-order valence-electron chi connectivity index (χ2n) is 6.00. The van der Waals surface area contributed by atoms with E-state index in [0.29, 0.717) is 4.68 Å². The van der Waals surface area contributed by atoms with Crippen molar-refractivity contribution in [2.75, 3.05) is 5.32 Å². The van der Waals surface area contributed by atoms with Crippen LogP contribution in [0.3, 0.4) is 0 Å². The van der Waals surface area contributed by atoms with E-state index in [1.807, 2.05) is 20.8 Å². The van der Waals surface area contributed by atoms with Crippen molar-refractivity contribution in [3.05, 3.63) is 11.8 Å². The van der Waals surface area contributed by atoms with Crippen molar-refractivity contribution in [1.82, 2.24) is 9.78 Å². The molecule has 2 atom stereocenters. The number of carboxylic acids is 1. The first-order valence-electron chi connectivity index (χ1n) is 6.14. The summed E-state index contributed by atoms with van der Waals surface area (Å²) < 4.78 is 40.1. The average Bonchev–Trinajstić information content (AvgIpc) is 2.68. The Morgan fingerprint density at radius 3 is 2.50 bits per heavy atom. The van der Waals surface area contributed by atoms with Gasteiger partial charge in [-0.05, 0) is 11.8 Å². The molecule has 1 aliphatic rings. The van der Waals surface area contributed by atoms with Gasteiger partial charge >= 0.3 is 6.18 Å². The van der Waals surface area contributed by atoms with Crippen LogP contribution in [0.25, 0.3) is 0 Å². The minimum Gasteiger partial charge on any atom is -0.543 e. The fraction of sp³-hybridized carbons (Fsp3) is 0.667. The van der Waals surface area contributed by atoms with E-state index in [0.717, 1.165) is 6.07 Å². The molecule has 0 amide bonds. The largest absolute Gasteiger partial charge is 0.543 e. The molecular weight excluding hydrogens is 275 g/mol. The zero-order valence-corrected chi connectivity index (χ0v) is 11.3. The molecule has 0 fully saturated rings. The summed E-state index contributed by atoms with van der Waals surface area (Å²) in [5.74, 6) is -1.54. The summed E-state index contributed by atoms with van der Waals surface area (Å²) in [4.78, 5) is 10.8. The predicted molar refractivity (Wildman–Crippen MR) is 63.1 cm³/mol. The molecular formula is C12H15F3N3O2-. The summed E-state index contributed by atoms with van der Waals surface area (Å²) in [5.41, 5.74) is -0.906. The molecule has 112 valence electrons. The first-order chi connectivity index (χ1) is 9.00. The lowest BCUT2D eigenvalue weighted by molar-refractivity contribution is -0.255. The van der Waals surface area contributed by atoms with E-state index in [4.69, 9.17) is 0 Å². The highest BCUT2D eigenvalue weighted by atomic mass is 19.4. The lowest BCUT2D eigenvalue weighted by Crippen LogP contribution is -2.44. The minimum absolute atomic E-state index is 0.0534. The molecule has 2 heterocycles. The van der Waals surface area contributed by atoms with Crippen molar-refractivity contribution in [2.45, 2.75) is 45.5 Å². The number of alkyl halides is 3. The monoisotopic (exact) mass is 290 g/mol. The smallest absolute Gasteiger partial charge is 0.410 e. The van der Waals surface area contributed by atoms with Crippen molar-refractivity contribution in [3.63, 3.8) is 0 Å². The Kier molecular flexibility index (Phi) is 3.22. The van der Waals surface area contributed by atoms with Gasteiger partial charge in [-0.1, -0.05) is 20.8 Å². The van der Waals surface area contributed by atoms with Gasteiger partial charge in [0.15, 0.2) is 6.04 Å². The van der Waals surface area contributed by atoms with Gasteiger partial charge in [-0.15, -0.1) is 0 Å². The van der Waals surface area contributed by atoms with Gasteiger partial charge in [0.1, 0.15) is 11.5 Å². The number of fused-ring (bicyclic) bond motifs is 1. The first kappa shape index (κ1) is 14.7. The van der Waals surface area contributed by atoms with Crippen molar-refractivity contribution in [2.24, 2.45) is 5.41 Å². The molecule has 5 nitrogen and oxygen atoms in total. The van der Waals surface area contributed by atoms with Crippen molar-refractivity contribution in [1.29, 1.82) is 0 Å². The molecule has 1 N–H and O–H groups in total. The highest BCUT2D eigenvalue weighted by Crippen LogP contribution is 2.42. The van der Waals surface area contributed by atoms with Crippen molar-refractivity contribution < 1.29 is 23.1 Å². The van der Waals surface area contributed by atoms with Crippen molar-refractivity contribution >= 4 is 11.8 Å². The van der Waals surface area contributed by atoms with E-state index >= 15 is 0 Å². The summed E-state index contributed by atoms with van der Waals surface area (Å²) in [6, 6.07) is -1.20. The SMILES string of the molecule is CC(C)(C)[C@@H]1C[C@H](C(F)(F)F)n2nc(C(=O)[O-])cc2N1. The fourth-order valence-corrected chi connectivity index (χ4v) is 2.24. The lowest BCUT2D eigenvalue weighted by Gasteiger charge is -2.39. The highest BCUT2D eigenvalue weighted by molar-refractivity contribution is 5.84. The van der Waals surface area contributed by atoms with Gasteiger partial charge in [0, 0.05) is 12.1 Å². The first-order valence-corrected chi connectivity index (χ1v) is 6.14. The molecule has 2 rings (SSSR count). The topological polar surface area (TPSA) is 70.0 Å². The second kappa shape index (κ2) is 4.39. The van der Waals surface area contributed by atoms with E-state index in [9.17, 15) is 23.1 Å². The fourth-order valence-electron chi connectivity index (χ4n) is 2.24. The maximum absolute atomic E-state index is 13.1. The molecule has 1 aliphatic heterocycles. The normalized spacial score (nSPS) is 23.1. The van der Waals surface area contributed by atoms with Gasteiger partial charge in [-0.3, -0.25) is 0 Å². The van der Waals surface area contributed by atoms with Crippen LogP contribution in [0, 0.1) is 5.41 Å². The summed E-state index contributed by atoms with van der Waals surface area (Å²) in [7, 11) is 0. The van der Waals surface area contributed by atoms with Crippen molar-refractivity contribution in [3.8, 4) is 0 Å². The number of aromatic carboxylic acids is 1. The molecule has 8 heteroatoms. The van der Waals surface area contributed by atoms with Crippen LogP contribution in [0.15, 0.2) is 6.07 Å². The number of anilines is 1. The molecule has 0 aromatic carbocycles. The number of carbonyl (C=O) groups excluding carboxylic acids is 1. The maximum Gasteiger partial charge on any atom is 0.410 e. The Morgan fingerprint density at radius 1 is 1.45 bits per heavy atom. The number of nitrogens with one attached hydrogen (secondary N) is 1. The van der Waals surface area contributed by atoms with Crippen LogP contribution in [-0.2, 0) is 0 Å². The Morgan fingerprint density at radius 2 is 2.05 bits per heavy atom. The summed E-state index contributed by atoms with van der Waals surface area (Å²) in [6.45, 7) is 5.47. The van der Waals surface area contributed by atoms with E-state index in [1.165, 1.54) is 0 Å². The summed E-state index contributed by atoms with van der Waals surface area (Å²) in [6.07, 6.45) is -4.69. The lowest BCUT2D eigenvalue weighted by atomic mass is 9.82. The number of rotatable bonds is 1. The van der Waals surface area contributed by atoms with Crippen LogP contribution < -0.4 is 10.4 Å². The Bertz CT molecular complexity index is 531. The third kappa shape index (κ3) is 2.59. The minimum atomic E-state index is -4.49. The van der Waals surface area contributed by atoms with E-state index in [2.05, 4.69) is 10.4 Å². The van der Waals surface area contributed by atoms with Gasteiger partial charge in [0.2, 0.25) is 0 Å². The molecule has 0 bridgehead atoms. The molecule has 0 radical (unpaired) electrons. The molecule has 0 saturated carbocycles. The van der Waals surface area contributed by atoms with Gasteiger partial charge in [-0.25, -0.2) is 4.68 Å². The number of hydrogen-bond acceptors (Lipinski definition) is 4. The zero-order valence-electron chi connectivity index (χ0n) is 11.3. The molecule has 0 spiro atoms. The molecule has 1 aromatic rings. The van der Waals surface area contributed by atoms with Gasteiger partial charge in [0.05, 0.1) is 5.97 Å². The molecule has 0 unspecified atom stereocenters. The molecule has 0 saturated heterocycles. The van der Waals surface area contributed by atoms with Crippen LogP contribution in [0.5, 0.6) is 0 Å². The van der Waals surface area contributed by atoms with E-state index in [-0.39, 0.29) is 12.2 Å². The number of carboxylic acid groups (broad SMARTS) is 1. The second-order valence-corrected chi connectivity index (χ2v) is 6.00. The third-order valence-electron chi connectivity index (χ3n) is 3.44. The van der Waals surface area contributed by atoms with Crippen LogP contribution >= 0.6 is 0 Å².